The van der Waals surface area contributed by atoms with Crippen LogP contribution in [0.1, 0.15) is 5.69 Å². The fourth-order valence-corrected chi connectivity index (χ4v) is 1.95. The number of halogens is 1. The van der Waals surface area contributed by atoms with Gasteiger partial charge in [-0.15, -0.1) is 0 Å². The first-order valence-corrected chi connectivity index (χ1v) is 5.71. The van der Waals surface area contributed by atoms with Crippen molar-refractivity contribution in [1.29, 1.82) is 0 Å². The summed E-state index contributed by atoms with van der Waals surface area (Å²) in [5, 5.41) is 7.16. The van der Waals surface area contributed by atoms with E-state index in [0.717, 1.165) is 6.54 Å². The Hall–Kier alpha value is -1.14. The third kappa shape index (κ3) is 2.28. The Morgan fingerprint density at radius 2 is 2.29 bits per heavy atom. The largest absolute Gasteiger partial charge is 0.493 e. The van der Waals surface area contributed by atoms with Crippen molar-refractivity contribution in [3.05, 3.63) is 11.9 Å². The van der Waals surface area contributed by atoms with Gasteiger partial charge in [0.1, 0.15) is 5.69 Å². The van der Waals surface area contributed by atoms with Gasteiger partial charge in [-0.1, -0.05) is 0 Å². The van der Waals surface area contributed by atoms with E-state index in [2.05, 4.69) is 10.4 Å². The molecule has 2 rings (SSSR count). The van der Waals surface area contributed by atoms with E-state index in [-0.39, 0.29) is 0 Å². The van der Waals surface area contributed by atoms with E-state index < -0.39 is 5.67 Å². The molecule has 1 saturated heterocycles. The molecule has 1 aromatic heterocycles. The molecule has 0 spiro atoms. The molecule has 5 nitrogen and oxygen atoms in total. The van der Waals surface area contributed by atoms with Crippen molar-refractivity contribution in [2.24, 2.45) is 0 Å². The van der Waals surface area contributed by atoms with E-state index in [9.17, 15) is 4.39 Å². The Morgan fingerprint density at radius 3 is 2.76 bits per heavy atom. The first-order chi connectivity index (χ1) is 8.07. The third-order valence-electron chi connectivity index (χ3n) is 3.02. The van der Waals surface area contributed by atoms with E-state index in [1.807, 2.05) is 19.0 Å². The third-order valence-corrected chi connectivity index (χ3v) is 3.02. The second-order valence-electron chi connectivity index (χ2n) is 4.66. The summed E-state index contributed by atoms with van der Waals surface area (Å²) in [6.45, 7) is 2.15. The second kappa shape index (κ2) is 4.62. The molecular formula is C11H19FN4O. The van der Waals surface area contributed by atoms with Crippen molar-refractivity contribution in [2.75, 3.05) is 40.8 Å². The number of rotatable bonds is 5. The van der Waals surface area contributed by atoms with Gasteiger partial charge < -0.3 is 15.0 Å². The van der Waals surface area contributed by atoms with Crippen molar-refractivity contribution in [3.8, 4) is 5.75 Å². The first-order valence-electron chi connectivity index (χ1n) is 5.71. The molecular weight excluding hydrogens is 223 g/mol. The van der Waals surface area contributed by atoms with Crippen LogP contribution in [0.25, 0.3) is 0 Å². The van der Waals surface area contributed by atoms with Crippen LogP contribution in [0.3, 0.4) is 0 Å². The molecule has 0 bridgehead atoms. The summed E-state index contributed by atoms with van der Waals surface area (Å²) >= 11 is 0. The normalized spacial score (nSPS) is 18.2. The Morgan fingerprint density at radius 1 is 1.59 bits per heavy atom. The molecule has 0 radical (unpaired) electrons. The zero-order valence-electron chi connectivity index (χ0n) is 10.5. The summed E-state index contributed by atoms with van der Waals surface area (Å²) in [4.78, 5) is 2.04. The van der Waals surface area contributed by atoms with Crippen LogP contribution in [0.4, 0.5) is 4.39 Å². The van der Waals surface area contributed by atoms with Crippen LogP contribution in [0, 0.1) is 0 Å². The van der Waals surface area contributed by atoms with Crippen molar-refractivity contribution in [1.82, 2.24) is 20.0 Å². The highest BCUT2D eigenvalue weighted by Gasteiger charge is 2.44. The zero-order chi connectivity index (χ0) is 12.5. The van der Waals surface area contributed by atoms with Crippen molar-refractivity contribution in [3.63, 3.8) is 0 Å². The Bertz CT molecular complexity index is 387. The SMILES string of the molecule is COc1cnn(CCN(C)C)c1C1(F)CNC1. The number of hydrogen-bond donors (Lipinski definition) is 1. The summed E-state index contributed by atoms with van der Waals surface area (Å²) in [5.41, 5.74) is -0.783. The summed E-state index contributed by atoms with van der Waals surface area (Å²) in [7, 11) is 5.51. The first kappa shape index (κ1) is 12.3. The predicted octanol–water partition coefficient (Wildman–Crippen LogP) is 0.221. The maximum atomic E-state index is 14.5. The highest BCUT2D eigenvalue weighted by Crippen LogP contribution is 2.36. The summed E-state index contributed by atoms with van der Waals surface area (Å²) in [6, 6.07) is 0. The Labute approximate surface area is 101 Å². The minimum absolute atomic E-state index is 0.330. The lowest BCUT2D eigenvalue weighted by atomic mass is 9.94. The molecule has 0 unspecified atom stereocenters. The van der Waals surface area contributed by atoms with Gasteiger partial charge in [-0.3, -0.25) is 4.68 Å². The predicted molar refractivity (Wildman–Crippen MR) is 63.0 cm³/mol. The number of ether oxygens (including phenoxy) is 1. The highest BCUT2D eigenvalue weighted by molar-refractivity contribution is 5.33. The standard InChI is InChI=1S/C11H19FN4O/c1-15(2)4-5-16-10(9(17-3)6-14-16)11(12)7-13-8-11/h6,13H,4-5,7-8H2,1-3H3. The van der Waals surface area contributed by atoms with E-state index in [1.54, 1.807) is 18.0 Å². The van der Waals surface area contributed by atoms with Gasteiger partial charge in [-0.25, -0.2) is 4.39 Å². The Balaban J connectivity index is 2.23. The number of methoxy groups -OCH3 is 1. The van der Waals surface area contributed by atoms with Crippen LogP contribution in [-0.4, -0.2) is 55.5 Å². The maximum absolute atomic E-state index is 14.5. The molecule has 96 valence electrons. The highest BCUT2D eigenvalue weighted by atomic mass is 19.1. The van der Waals surface area contributed by atoms with Gasteiger partial charge in [-0.2, -0.15) is 5.10 Å². The molecule has 6 heteroatoms. The lowest BCUT2D eigenvalue weighted by molar-refractivity contribution is 0.0741. The topological polar surface area (TPSA) is 42.3 Å². The average Bonchev–Trinajstić information content (AvgIpc) is 2.66. The minimum atomic E-state index is -1.34. The lowest BCUT2D eigenvalue weighted by Gasteiger charge is -2.35. The number of alkyl halides is 1. The van der Waals surface area contributed by atoms with Crippen LogP contribution in [-0.2, 0) is 12.2 Å². The van der Waals surface area contributed by atoms with E-state index >= 15 is 0 Å². The molecule has 0 atom stereocenters. The zero-order valence-corrected chi connectivity index (χ0v) is 10.5. The Kier molecular flexibility index (Phi) is 3.35. The molecule has 2 heterocycles. The van der Waals surface area contributed by atoms with Crippen LogP contribution in [0.5, 0.6) is 5.75 Å². The van der Waals surface area contributed by atoms with E-state index in [0.29, 0.717) is 31.1 Å². The minimum Gasteiger partial charge on any atom is -0.493 e. The van der Waals surface area contributed by atoms with Gasteiger partial charge in [-0.05, 0) is 14.1 Å². The molecule has 0 aliphatic carbocycles. The fraction of sp³-hybridized carbons (Fsp3) is 0.727. The molecule has 0 saturated carbocycles. The van der Waals surface area contributed by atoms with Gasteiger partial charge in [0.15, 0.2) is 11.4 Å². The molecule has 0 aromatic carbocycles. The van der Waals surface area contributed by atoms with Gasteiger partial charge >= 0.3 is 0 Å². The van der Waals surface area contributed by atoms with Gasteiger partial charge in [0.05, 0.1) is 19.9 Å². The van der Waals surface area contributed by atoms with Crippen molar-refractivity contribution in [2.45, 2.75) is 12.2 Å². The summed E-state index contributed by atoms with van der Waals surface area (Å²) in [5.74, 6) is 0.535. The summed E-state index contributed by atoms with van der Waals surface area (Å²) < 4.78 is 21.4. The monoisotopic (exact) mass is 242 g/mol. The number of hydrogen-bond acceptors (Lipinski definition) is 4. The fourth-order valence-electron chi connectivity index (χ4n) is 1.95. The maximum Gasteiger partial charge on any atom is 0.180 e. The number of nitrogens with zero attached hydrogens (tertiary/aromatic N) is 3. The van der Waals surface area contributed by atoms with E-state index in [4.69, 9.17) is 4.74 Å². The number of nitrogens with one attached hydrogen (secondary N) is 1. The number of aromatic nitrogens is 2. The average molecular weight is 242 g/mol. The quantitative estimate of drug-likeness (QED) is 0.802. The molecule has 1 aliphatic heterocycles. The summed E-state index contributed by atoms with van der Waals surface area (Å²) in [6.07, 6.45) is 1.59. The van der Waals surface area contributed by atoms with Crippen molar-refractivity contribution >= 4 is 0 Å². The molecule has 1 aromatic rings. The second-order valence-corrected chi connectivity index (χ2v) is 4.66. The van der Waals surface area contributed by atoms with Gasteiger partial charge in [0.25, 0.3) is 0 Å². The van der Waals surface area contributed by atoms with Crippen molar-refractivity contribution < 1.29 is 9.13 Å². The lowest BCUT2D eigenvalue weighted by Crippen LogP contribution is -2.54. The molecule has 1 fully saturated rings. The van der Waals surface area contributed by atoms with Crippen LogP contribution >= 0.6 is 0 Å². The van der Waals surface area contributed by atoms with Gasteiger partial charge in [0.2, 0.25) is 0 Å². The van der Waals surface area contributed by atoms with E-state index in [1.165, 1.54) is 0 Å². The van der Waals surface area contributed by atoms with Crippen LogP contribution in [0.15, 0.2) is 6.20 Å². The van der Waals surface area contributed by atoms with Gasteiger partial charge in [0, 0.05) is 19.6 Å². The smallest absolute Gasteiger partial charge is 0.180 e. The molecule has 1 N–H and O–H groups in total. The number of likely N-dealkylation sites (N-methyl/N-ethyl adjacent to an activating group) is 1. The van der Waals surface area contributed by atoms with Crippen LogP contribution in [0.2, 0.25) is 0 Å². The molecule has 1 aliphatic rings. The molecule has 0 amide bonds. The van der Waals surface area contributed by atoms with Crippen LogP contribution < -0.4 is 10.1 Å². The molecule has 17 heavy (non-hydrogen) atoms.